The third kappa shape index (κ3) is 2.60. The highest BCUT2D eigenvalue weighted by atomic mass is 32.2. The average Bonchev–Trinajstić information content (AvgIpc) is 2.80. The lowest BCUT2D eigenvalue weighted by molar-refractivity contribution is 0.394. The summed E-state index contributed by atoms with van der Waals surface area (Å²) in [6.07, 6.45) is 1.61. The molecule has 1 fully saturated rings. The van der Waals surface area contributed by atoms with E-state index >= 15 is 0 Å². The summed E-state index contributed by atoms with van der Waals surface area (Å²) >= 11 is 0. The van der Waals surface area contributed by atoms with Crippen LogP contribution in [-0.4, -0.2) is 55.5 Å². The standard InChI is InChI=1S/C9H16N4O4S2/c1-12-5-8(9(10)11-12)19(16,17)13(2)7-3-4-18(14,15)6-7/h5,7H,3-4,6H2,1-2H3,(H2,10,11). The lowest BCUT2D eigenvalue weighted by Gasteiger charge is -2.22. The predicted molar refractivity (Wildman–Crippen MR) is 69.6 cm³/mol. The molecular weight excluding hydrogens is 292 g/mol. The predicted octanol–water partition coefficient (Wildman–Crippen LogP) is -1.19. The molecule has 8 nitrogen and oxygen atoms in total. The largest absolute Gasteiger partial charge is 0.381 e. The molecule has 0 aromatic carbocycles. The van der Waals surface area contributed by atoms with Gasteiger partial charge in [-0.25, -0.2) is 16.8 Å². The van der Waals surface area contributed by atoms with Gasteiger partial charge in [0.2, 0.25) is 10.0 Å². The van der Waals surface area contributed by atoms with Gasteiger partial charge in [-0.05, 0) is 6.42 Å². The van der Waals surface area contributed by atoms with Crippen LogP contribution < -0.4 is 5.73 Å². The molecule has 2 rings (SSSR count). The molecule has 0 spiro atoms. The van der Waals surface area contributed by atoms with E-state index in [0.29, 0.717) is 6.42 Å². The van der Waals surface area contributed by atoms with Crippen LogP contribution in [0.5, 0.6) is 0 Å². The van der Waals surface area contributed by atoms with Crippen molar-refractivity contribution in [2.45, 2.75) is 17.4 Å². The van der Waals surface area contributed by atoms with Crippen LogP contribution in [0.2, 0.25) is 0 Å². The first-order valence-electron chi connectivity index (χ1n) is 5.61. The van der Waals surface area contributed by atoms with E-state index in [4.69, 9.17) is 5.73 Å². The molecule has 1 atom stereocenters. The maximum atomic E-state index is 12.4. The maximum absolute atomic E-state index is 12.4. The third-order valence-electron chi connectivity index (χ3n) is 3.20. The summed E-state index contributed by atoms with van der Waals surface area (Å²) in [6.45, 7) is 0. The van der Waals surface area contributed by atoms with E-state index in [1.807, 2.05) is 0 Å². The molecule has 19 heavy (non-hydrogen) atoms. The topological polar surface area (TPSA) is 115 Å². The van der Waals surface area contributed by atoms with Gasteiger partial charge in [-0.1, -0.05) is 0 Å². The number of sulfonamides is 1. The summed E-state index contributed by atoms with van der Waals surface area (Å²) in [7, 11) is -4.03. The van der Waals surface area contributed by atoms with Gasteiger partial charge < -0.3 is 5.73 Å². The Labute approximate surface area is 112 Å². The minimum atomic E-state index is -3.82. The zero-order valence-corrected chi connectivity index (χ0v) is 12.3. The first-order valence-corrected chi connectivity index (χ1v) is 8.87. The zero-order chi connectivity index (χ0) is 14.4. The summed E-state index contributed by atoms with van der Waals surface area (Å²) in [5.41, 5.74) is 5.56. The van der Waals surface area contributed by atoms with Gasteiger partial charge in [0, 0.05) is 26.3 Å². The molecule has 0 amide bonds. The van der Waals surface area contributed by atoms with Crippen molar-refractivity contribution >= 4 is 25.7 Å². The lowest BCUT2D eigenvalue weighted by Crippen LogP contribution is -2.37. The van der Waals surface area contributed by atoms with Gasteiger partial charge >= 0.3 is 0 Å². The fourth-order valence-corrected chi connectivity index (χ4v) is 5.44. The summed E-state index contributed by atoms with van der Waals surface area (Å²) < 4.78 is 49.9. The van der Waals surface area contributed by atoms with Gasteiger partial charge in [0.25, 0.3) is 0 Å². The second-order valence-corrected chi connectivity index (χ2v) is 8.83. The Morgan fingerprint density at radius 2 is 2.16 bits per heavy atom. The monoisotopic (exact) mass is 308 g/mol. The number of hydrogen-bond acceptors (Lipinski definition) is 6. The van der Waals surface area contributed by atoms with E-state index in [0.717, 1.165) is 4.31 Å². The average molecular weight is 308 g/mol. The summed E-state index contributed by atoms with van der Waals surface area (Å²) in [5, 5.41) is 3.79. The highest BCUT2D eigenvalue weighted by Gasteiger charge is 2.37. The Morgan fingerprint density at radius 1 is 1.53 bits per heavy atom. The van der Waals surface area contributed by atoms with Gasteiger partial charge in [-0.2, -0.15) is 9.40 Å². The van der Waals surface area contributed by atoms with E-state index in [9.17, 15) is 16.8 Å². The van der Waals surface area contributed by atoms with Crippen molar-refractivity contribution in [1.82, 2.24) is 14.1 Å². The van der Waals surface area contributed by atoms with E-state index in [1.54, 1.807) is 7.05 Å². The number of nitrogen functional groups attached to an aromatic ring is 1. The number of aromatic nitrogens is 2. The molecule has 1 aliphatic rings. The summed E-state index contributed by atoms with van der Waals surface area (Å²) in [4.78, 5) is -0.0956. The molecule has 0 saturated carbocycles. The molecule has 2 heterocycles. The molecule has 10 heteroatoms. The first-order chi connectivity index (χ1) is 8.63. The minimum absolute atomic E-state index is 0.0139. The van der Waals surface area contributed by atoms with Crippen molar-refractivity contribution in [3.05, 3.63) is 6.20 Å². The third-order valence-corrected chi connectivity index (χ3v) is 6.88. The van der Waals surface area contributed by atoms with Crippen molar-refractivity contribution in [3.8, 4) is 0 Å². The highest BCUT2D eigenvalue weighted by molar-refractivity contribution is 7.92. The second-order valence-electron chi connectivity index (χ2n) is 4.63. The number of hydrogen-bond donors (Lipinski definition) is 1. The van der Waals surface area contributed by atoms with Crippen molar-refractivity contribution < 1.29 is 16.8 Å². The number of anilines is 1. The molecule has 0 aliphatic carbocycles. The SMILES string of the molecule is CN(C1CCS(=O)(=O)C1)S(=O)(=O)c1cn(C)nc1N. The van der Waals surface area contributed by atoms with Crippen LogP contribution in [0.25, 0.3) is 0 Å². The normalized spacial score (nSPS) is 23.0. The molecule has 2 N–H and O–H groups in total. The molecule has 108 valence electrons. The van der Waals surface area contributed by atoms with Gasteiger partial charge in [0.05, 0.1) is 11.5 Å². The van der Waals surface area contributed by atoms with Crippen LogP contribution in [0.15, 0.2) is 11.1 Å². The van der Waals surface area contributed by atoms with Crippen LogP contribution in [0.4, 0.5) is 5.82 Å². The van der Waals surface area contributed by atoms with E-state index in [1.165, 1.54) is 17.9 Å². The van der Waals surface area contributed by atoms with Gasteiger partial charge in [0.15, 0.2) is 15.7 Å². The van der Waals surface area contributed by atoms with E-state index in [2.05, 4.69) is 5.10 Å². The fraction of sp³-hybridized carbons (Fsp3) is 0.667. The van der Waals surface area contributed by atoms with Crippen LogP contribution >= 0.6 is 0 Å². The number of rotatable bonds is 3. The number of aryl methyl sites for hydroxylation is 1. The van der Waals surface area contributed by atoms with Crippen LogP contribution in [0.1, 0.15) is 6.42 Å². The van der Waals surface area contributed by atoms with Gasteiger partial charge in [-0.3, -0.25) is 4.68 Å². The van der Waals surface area contributed by atoms with Gasteiger partial charge in [-0.15, -0.1) is 0 Å². The molecule has 1 aromatic rings. The van der Waals surface area contributed by atoms with Crippen molar-refractivity contribution in [2.75, 3.05) is 24.3 Å². The number of nitrogens with two attached hydrogens (primary N) is 1. The van der Waals surface area contributed by atoms with Crippen molar-refractivity contribution in [1.29, 1.82) is 0 Å². The Kier molecular flexibility index (Phi) is 3.35. The molecule has 1 unspecified atom stereocenters. The van der Waals surface area contributed by atoms with Gasteiger partial charge in [0.1, 0.15) is 4.90 Å². The second kappa shape index (κ2) is 4.46. The number of sulfone groups is 1. The molecule has 0 radical (unpaired) electrons. The van der Waals surface area contributed by atoms with Crippen molar-refractivity contribution in [2.24, 2.45) is 7.05 Å². The van der Waals surface area contributed by atoms with Crippen LogP contribution in [-0.2, 0) is 26.9 Å². The fourth-order valence-electron chi connectivity index (χ4n) is 2.10. The smallest absolute Gasteiger partial charge is 0.248 e. The molecular formula is C9H16N4O4S2. The van der Waals surface area contributed by atoms with Crippen molar-refractivity contribution in [3.63, 3.8) is 0 Å². The van der Waals surface area contributed by atoms with E-state index in [-0.39, 0.29) is 22.2 Å². The van der Waals surface area contributed by atoms with Crippen LogP contribution in [0, 0.1) is 0 Å². The summed E-state index contributed by atoms with van der Waals surface area (Å²) in [5.74, 6) is -0.224. The molecule has 1 saturated heterocycles. The Hall–Kier alpha value is -1.13. The molecule has 1 aromatic heterocycles. The Morgan fingerprint density at radius 3 is 2.58 bits per heavy atom. The summed E-state index contributed by atoms with van der Waals surface area (Å²) in [6, 6.07) is -0.547. The van der Waals surface area contributed by atoms with E-state index < -0.39 is 25.9 Å². The lowest BCUT2D eigenvalue weighted by atomic mass is 10.3. The quantitative estimate of drug-likeness (QED) is 0.750. The number of nitrogens with zero attached hydrogens (tertiary/aromatic N) is 3. The first kappa shape index (κ1) is 14.3. The Bertz CT molecular complexity index is 692. The highest BCUT2D eigenvalue weighted by Crippen LogP contribution is 2.25. The molecule has 1 aliphatic heterocycles. The minimum Gasteiger partial charge on any atom is -0.381 e. The molecule has 0 bridgehead atoms. The zero-order valence-electron chi connectivity index (χ0n) is 10.6. The Balaban J connectivity index is 2.33. The van der Waals surface area contributed by atoms with Crippen LogP contribution in [0.3, 0.4) is 0 Å². The maximum Gasteiger partial charge on any atom is 0.248 e.